The first kappa shape index (κ1) is 23.6. The van der Waals surface area contributed by atoms with E-state index in [1.807, 2.05) is 0 Å². The monoisotopic (exact) mass is 507 g/mol. The van der Waals surface area contributed by atoms with Crippen LogP contribution >= 0.6 is 31.9 Å². The van der Waals surface area contributed by atoms with E-state index in [0.29, 0.717) is 0 Å². The van der Waals surface area contributed by atoms with E-state index in [0.717, 1.165) is 0 Å². The molecule has 0 heterocycles. The molecule has 0 amide bonds. The molecule has 27 heavy (non-hydrogen) atoms. The number of carbonyl (C=O) groups is 2. The molecule has 0 bridgehead atoms. The summed E-state index contributed by atoms with van der Waals surface area (Å²) in [6, 6.07) is 3.79. The number of carbonyl (C=O) groups excluding carboxylic acids is 2. The second kappa shape index (κ2) is 8.26. The zero-order valence-electron chi connectivity index (χ0n) is 16.1. The maximum Gasteiger partial charge on any atom is 0.357 e. The second-order valence-electron chi connectivity index (χ2n) is 8.05. The smallest absolute Gasteiger partial charge is 0.357 e. The highest BCUT2D eigenvalue weighted by Gasteiger charge is 2.61. The first-order chi connectivity index (χ1) is 12.2. The highest BCUT2D eigenvalue weighted by Crippen LogP contribution is 2.48. The summed E-state index contributed by atoms with van der Waals surface area (Å²) in [5.41, 5.74) is -3.35. The standard InChI is InChI=1S/C18H23Br2NO6/c1-16(2,3)18(17(4,5)6,27-14(22)10-19)15(23)26-13-8-7-11(21(24)25)9-12(13)20/h7-9H,10H2,1-6H3. The Morgan fingerprint density at radius 1 is 1.11 bits per heavy atom. The fraction of sp³-hybridized carbons (Fsp3) is 0.556. The minimum Gasteiger partial charge on any atom is -0.445 e. The maximum absolute atomic E-state index is 13.3. The van der Waals surface area contributed by atoms with Crippen molar-refractivity contribution in [2.45, 2.75) is 47.1 Å². The van der Waals surface area contributed by atoms with E-state index >= 15 is 0 Å². The van der Waals surface area contributed by atoms with E-state index in [1.54, 1.807) is 41.5 Å². The quantitative estimate of drug-likeness (QED) is 0.182. The molecular weight excluding hydrogens is 486 g/mol. The number of non-ortho nitro benzene ring substituents is 1. The third-order valence-electron chi connectivity index (χ3n) is 4.10. The number of hydrogen-bond acceptors (Lipinski definition) is 6. The van der Waals surface area contributed by atoms with Crippen molar-refractivity contribution in [3.8, 4) is 5.75 Å². The first-order valence-corrected chi connectivity index (χ1v) is 10.0. The Kier molecular flexibility index (Phi) is 7.21. The number of halogens is 2. The molecule has 1 aromatic rings. The van der Waals surface area contributed by atoms with E-state index in [9.17, 15) is 19.7 Å². The van der Waals surface area contributed by atoms with Gasteiger partial charge in [0.15, 0.2) is 0 Å². The van der Waals surface area contributed by atoms with Gasteiger partial charge in [0.25, 0.3) is 5.69 Å². The third-order valence-corrected chi connectivity index (χ3v) is 5.18. The zero-order chi connectivity index (χ0) is 21.2. The van der Waals surface area contributed by atoms with Gasteiger partial charge in [-0.3, -0.25) is 14.9 Å². The van der Waals surface area contributed by atoms with Crippen molar-refractivity contribution < 1.29 is 24.0 Å². The van der Waals surface area contributed by atoms with Crippen LogP contribution in [0.15, 0.2) is 22.7 Å². The fourth-order valence-electron chi connectivity index (χ4n) is 3.14. The lowest BCUT2D eigenvalue weighted by Crippen LogP contribution is -2.63. The number of nitro benzene ring substituents is 1. The number of hydrogen-bond donors (Lipinski definition) is 0. The normalized spacial score (nSPS) is 12.4. The summed E-state index contributed by atoms with van der Waals surface area (Å²) in [6.45, 7) is 10.7. The lowest BCUT2D eigenvalue weighted by Gasteiger charge is -2.49. The molecule has 0 fully saturated rings. The maximum atomic E-state index is 13.3. The Balaban J connectivity index is 3.44. The highest BCUT2D eigenvalue weighted by atomic mass is 79.9. The molecule has 1 aromatic carbocycles. The molecule has 0 atom stereocenters. The lowest BCUT2D eigenvalue weighted by molar-refractivity contribution is -0.385. The van der Waals surface area contributed by atoms with Crippen molar-refractivity contribution in [2.75, 3.05) is 5.33 Å². The SMILES string of the molecule is CC(C)(C)C(OC(=O)CBr)(C(=O)Oc1ccc([N+](=O)[O-])cc1Br)C(C)(C)C. The van der Waals surface area contributed by atoms with Crippen molar-refractivity contribution in [1.82, 2.24) is 0 Å². The predicted octanol–water partition coefficient (Wildman–Crippen LogP) is 5.03. The fourth-order valence-corrected chi connectivity index (χ4v) is 3.70. The van der Waals surface area contributed by atoms with Crippen molar-refractivity contribution in [1.29, 1.82) is 0 Å². The Morgan fingerprint density at radius 3 is 2.00 bits per heavy atom. The number of alkyl halides is 1. The third kappa shape index (κ3) is 4.87. The molecule has 7 nitrogen and oxygen atoms in total. The van der Waals surface area contributed by atoms with Crippen LogP contribution in [0.4, 0.5) is 5.69 Å². The largest absolute Gasteiger partial charge is 0.445 e. The number of nitro groups is 1. The van der Waals surface area contributed by atoms with Crippen LogP contribution in [0.5, 0.6) is 5.75 Å². The van der Waals surface area contributed by atoms with Crippen molar-refractivity contribution in [3.05, 3.63) is 32.8 Å². The van der Waals surface area contributed by atoms with Crippen LogP contribution in [0, 0.1) is 20.9 Å². The molecule has 0 aliphatic rings. The average molecular weight is 509 g/mol. The number of ether oxygens (including phenoxy) is 2. The molecule has 0 unspecified atom stereocenters. The molecule has 0 aromatic heterocycles. The molecule has 0 N–H and O–H groups in total. The van der Waals surface area contributed by atoms with Gasteiger partial charge in [-0.05, 0) is 22.0 Å². The van der Waals surface area contributed by atoms with Crippen molar-refractivity contribution in [3.63, 3.8) is 0 Å². The van der Waals surface area contributed by atoms with Crippen LogP contribution in [-0.4, -0.2) is 27.8 Å². The van der Waals surface area contributed by atoms with Gasteiger partial charge in [0.1, 0.15) is 11.1 Å². The van der Waals surface area contributed by atoms with E-state index < -0.39 is 33.3 Å². The Bertz CT molecular complexity index is 735. The summed E-state index contributed by atoms with van der Waals surface area (Å²) in [5.74, 6) is -1.26. The van der Waals surface area contributed by atoms with E-state index in [4.69, 9.17) is 9.47 Å². The van der Waals surface area contributed by atoms with Crippen LogP contribution in [-0.2, 0) is 14.3 Å². The first-order valence-electron chi connectivity index (χ1n) is 8.11. The van der Waals surface area contributed by atoms with Gasteiger partial charge in [0.05, 0.1) is 9.40 Å². The molecule has 0 radical (unpaired) electrons. The summed E-state index contributed by atoms with van der Waals surface area (Å²) in [6.07, 6.45) is 0. The summed E-state index contributed by atoms with van der Waals surface area (Å²) in [5, 5.41) is 10.8. The number of esters is 2. The van der Waals surface area contributed by atoms with Gasteiger partial charge >= 0.3 is 11.9 Å². The van der Waals surface area contributed by atoms with Crippen molar-refractivity contribution >= 4 is 49.5 Å². The molecule has 0 saturated carbocycles. The minimum absolute atomic E-state index is 0.0740. The Labute approximate surface area is 175 Å². The number of benzene rings is 1. The van der Waals surface area contributed by atoms with Gasteiger partial charge in [-0.25, -0.2) is 4.79 Å². The molecule has 1 rings (SSSR count). The van der Waals surface area contributed by atoms with E-state index in [1.165, 1.54) is 18.2 Å². The molecule has 0 saturated heterocycles. The number of rotatable bonds is 5. The molecule has 9 heteroatoms. The van der Waals surface area contributed by atoms with Crippen LogP contribution < -0.4 is 4.74 Å². The topological polar surface area (TPSA) is 95.7 Å². The van der Waals surface area contributed by atoms with Gasteiger partial charge in [-0.2, -0.15) is 0 Å². The Morgan fingerprint density at radius 2 is 1.63 bits per heavy atom. The molecule has 0 aliphatic heterocycles. The zero-order valence-corrected chi connectivity index (χ0v) is 19.3. The van der Waals surface area contributed by atoms with Gasteiger partial charge in [-0.1, -0.05) is 57.5 Å². The van der Waals surface area contributed by atoms with Gasteiger partial charge in [-0.15, -0.1) is 0 Å². The van der Waals surface area contributed by atoms with Crippen molar-refractivity contribution in [2.24, 2.45) is 10.8 Å². The van der Waals surface area contributed by atoms with Crippen LogP contribution in [0.3, 0.4) is 0 Å². The highest BCUT2D eigenvalue weighted by molar-refractivity contribution is 9.10. The summed E-state index contributed by atoms with van der Waals surface area (Å²) in [4.78, 5) is 35.7. The molecular formula is C18H23Br2NO6. The molecule has 150 valence electrons. The van der Waals surface area contributed by atoms with Gasteiger partial charge in [0, 0.05) is 23.0 Å². The summed E-state index contributed by atoms with van der Waals surface area (Å²) < 4.78 is 11.5. The van der Waals surface area contributed by atoms with Gasteiger partial charge in [0.2, 0.25) is 5.60 Å². The summed E-state index contributed by atoms with van der Waals surface area (Å²) in [7, 11) is 0. The Hall–Kier alpha value is -1.48. The van der Waals surface area contributed by atoms with Gasteiger partial charge < -0.3 is 9.47 Å². The average Bonchev–Trinajstić information content (AvgIpc) is 2.51. The molecule has 0 aliphatic carbocycles. The van der Waals surface area contributed by atoms with Crippen LogP contribution in [0.2, 0.25) is 0 Å². The molecule has 0 spiro atoms. The predicted molar refractivity (Wildman–Crippen MR) is 108 cm³/mol. The lowest BCUT2D eigenvalue weighted by atomic mass is 9.62. The second-order valence-corrected chi connectivity index (χ2v) is 9.47. The van der Waals surface area contributed by atoms with Crippen LogP contribution in [0.25, 0.3) is 0 Å². The minimum atomic E-state index is -1.61. The summed E-state index contributed by atoms with van der Waals surface area (Å²) >= 11 is 6.23. The number of nitrogens with zero attached hydrogens (tertiary/aromatic N) is 1. The van der Waals surface area contributed by atoms with E-state index in [-0.39, 0.29) is 21.2 Å². The van der Waals surface area contributed by atoms with E-state index in [2.05, 4.69) is 31.9 Å². The van der Waals surface area contributed by atoms with Crippen LogP contribution in [0.1, 0.15) is 41.5 Å².